The highest BCUT2D eigenvalue weighted by atomic mass is 31.2. The summed E-state index contributed by atoms with van der Waals surface area (Å²) in [6.45, 7) is 4.46. The van der Waals surface area contributed by atoms with Crippen molar-refractivity contribution in [3.8, 4) is 0 Å². The van der Waals surface area contributed by atoms with Gasteiger partial charge in [-0.15, -0.1) is 0 Å². The standard InChI is InChI=1S/C20H29O3P/c1-3-22-24(21,23-4-2)17-20(19-13-9-6-10-14-19)16-15-18-11-7-5-8-12-18/h5,7-8,11-12,15-17,19H,3-4,6,9-10,13-14H2,1-2H3/b16-15+,20-17-. The van der Waals surface area contributed by atoms with Crippen LogP contribution >= 0.6 is 7.60 Å². The van der Waals surface area contributed by atoms with E-state index in [9.17, 15) is 4.57 Å². The Labute approximate surface area is 146 Å². The van der Waals surface area contributed by atoms with E-state index < -0.39 is 7.60 Å². The first kappa shape index (κ1) is 19.2. The monoisotopic (exact) mass is 348 g/mol. The summed E-state index contributed by atoms with van der Waals surface area (Å²) in [5.74, 6) is 2.20. The lowest BCUT2D eigenvalue weighted by Crippen LogP contribution is -2.08. The Hall–Kier alpha value is -1.15. The van der Waals surface area contributed by atoms with Gasteiger partial charge in [0.2, 0.25) is 0 Å². The maximum atomic E-state index is 12.9. The van der Waals surface area contributed by atoms with Gasteiger partial charge in [0.25, 0.3) is 0 Å². The van der Waals surface area contributed by atoms with Gasteiger partial charge in [-0.1, -0.05) is 61.7 Å². The molecule has 1 aromatic carbocycles. The van der Waals surface area contributed by atoms with Crippen molar-refractivity contribution in [3.63, 3.8) is 0 Å². The van der Waals surface area contributed by atoms with E-state index in [2.05, 4.69) is 24.3 Å². The molecule has 0 spiro atoms. The first-order valence-corrected chi connectivity index (χ1v) is 10.6. The van der Waals surface area contributed by atoms with Crippen LogP contribution in [0.5, 0.6) is 0 Å². The molecule has 132 valence electrons. The molecule has 0 saturated heterocycles. The van der Waals surface area contributed by atoms with Crippen molar-refractivity contribution in [2.45, 2.75) is 46.0 Å². The Kier molecular flexibility index (Phi) is 7.98. The lowest BCUT2D eigenvalue weighted by molar-refractivity contribution is 0.228. The van der Waals surface area contributed by atoms with Gasteiger partial charge in [-0.05, 0) is 43.7 Å². The van der Waals surface area contributed by atoms with E-state index in [1.54, 1.807) is 5.82 Å². The van der Waals surface area contributed by atoms with Crippen molar-refractivity contribution in [2.24, 2.45) is 5.92 Å². The van der Waals surface area contributed by atoms with E-state index in [1.807, 2.05) is 32.0 Å². The molecule has 0 atom stereocenters. The van der Waals surface area contributed by atoms with Gasteiger partial charge in [0, 0.05) is 5.82 Å². The van der Waals surface area contributed by atoms with E-state index in [0.29, 0.717) is 19.1 Å². The zero-order valence-corrected chi connectivity index (χ0v) is 15.7. The molecule has 0 unspecified atom stereocenters. The van der Waals surface area contributed by atoms with Gasteiger partial charge in [0.15, 0.2) is 0 Å². The molecule has 0 bridgehead atoms. The van der Waals surface area contributed by atoms with E-state index in [1.165, 1.54) is 19.3 Å². The largest absolute Gasteiger partial charge is 0.354 e. The number of allylic oxidation sites excluding steroid dienone is 2. The van der Waals surface area contributed by atoms with Gasteiger partial charge in [-0.2, -0.15) is 0 Å². The summed E-state index contributed by atoms with van der Waals surface area (Å²) >= 11 is 0. The second-order valence-corrected chi connectivity index (χ2v) is 7.94. The molecule has 0 amide bonds. The van der Waals surface area contributed by atoms with Crippen LogP contribution in [-0.2, 0) is 13.6 Å². The molecule has 24 heavy (non-hydrogen) atoms. The van der Waals surface area contributed by atoms with Gasteiger partial charge < -0.3 is 9.05 Å². The van der Waals surface area contributed by atoms with Crippen molar-refractivity contribution >= 4 is 13.7 Å². The summed E-state index contributed by atoms with van der Waals surface area (Å²) < 4.78 is 23.9. The van der Waals surface area contributed by atoms with Crippen LogP contribution in [0, 0.1) is 5.92 Å². The van der Waals surface area contributed by atoms with Crippen molar-refractivity contribution < 1.29 is 13.6 Å². The number of benzene rings is 1. The zero-order chi connectivity index (χ0) is 17.3. The maximum absolute atomic E-state index is 12.9. The average Bonchev–Trinajstić information content (AvgIpc) is 2.61. The van der Waals surface area contributed by atoms with E-state index in [0.717, 1.165) is 24.0 Å². The van der Waals surface area contributed by atoms with E-state index >= 15 is 0 Å². The van der Waals surface area contributed by atoms with Crippen LogP contribution < -0.4 is 0 Å². The van der Waals surface area contributed by atoms with Gasteiger partial charge in [0.05, 0.1) is 13.2 Å². The van der Waals surface area contributed by atoms with E-state index in [-0.39, 0.29) is 0 Å². The van der Waals surface area contributed by atoms with Gasteiger partial charge in [-0.25, -0.2) is 0 Å². The van der Waals surface area contributed by atoms with Gasteiger partial charge >= 0.3 is 7.60 Å². The fourth-order valence-corrected chi connectivity index (χ4v) is 4.74. The molecule has 0 aromatic heterocycles. The van der Waals surface area contributed by atoms with Crippen LogP contribution in [0.3, 0.4) is 0 Å². The molecular weight excluding hydrogens is 319 g/mol. The molecule has 1 aliphatic rings. The lowest BCUT2D eigenvalue weighted by Gasteiger charge is -2.24. The second-order valence-electron chi connectivity index (χ2n) is 6.08. The normalized spacial score (nSPS) is 17.5. The summed E-state index contributed by atoms with van der Waals surface area (Å²) in [6.07, 6.45) is 10.2. The SMILES string of the molecule is CCOP(=O)(/C=C(/C=C/c1ccccc1)C1CCCCC1)OCC. The predicted octanol–water partition coefficient (Wildman–Crippen LogP) is 6.43. The highest BCUT2D eigenvalue weighted by molar-refractivity contribution is 7.57. The van der Waals surface area contributed by atoms with Crippen LogP contribution in [0.1, 0.15) is 51.5 Å². The minimum Gasteiger partial charge on any atom is -0.306 e. The molecule has 1 aromatic rings. The summed E-state index contributed by atoms with van der Waals surface area (Å²) in [6, 6.07) is 10.2. The molecular formula is C20H29O3P. The summed E-state index contributed by atoms with van der Waals surface area (Å²) in [7, 11) is -3.18. The zero-order valence-electron chi connectivity index (χ0n) is 14.8. The number of hydrogen-bond acceptors (Lipinski definition) is 3. The minimum absolute atomic E-state index is 0.383. The first-order valence-electron chi connectivity index (χ1n) is 9.01. The third-order valence-electron chi connectivity index (χ3n) is 4.27. The molecule has 1 aliphatic carbocycles. The fourth-order valence-electron chi connectivity index (χ4n) is 3.13. The third kappa shape index (κ3) is 6.05. The lowest BCUT2D eigenvalue weighted by atomic mass is 9.84. The van der Waals surface area contributed by atoms with Crippen LogP contribution in [0.25, 0.3) is 6.08 Å². The summed E-state index contributed by atoms with van der Waals surface area (Å²) in [5.41, 5.74) is 2.23. The third-order valence-corrected chi connectivity index (χ3v) is 6.12. The molecule has 3 nitrogen and oxygen atoms in total. The molecule has 4 heteroatoms. The van der Waals surface area contributed by atoms with E-state index in [4.69, 9.17) is 9.05 Å². The van der Waals surface area contributed by atoms with Crippen LogP contribution in [0.2, 0.25) is 0 Å². The van der Waals surface area contributed by atoms with Gasteiger partial charge in [-0.3, -0.25) is 4.57 Å². The van der Waals surface area contributed by atoms with Crippen molar-refractivity contribution in [2.75, 3.05) is 13.2 Å². The molecule has 0 radical (unpaired) electrons. The second kappa shape index (κ2) is 9.98. The maximum Gasteiger partial charge on any atom is 0.354 e. The van der Waals surface area contributed by atoms with Crippen molar-refractivity contribution in [1.82, 2.24) is 0 Å². The molecule has 2 rings (SSSR count). The average molecular weight is 348 g/mol. The minimum atomic E-state index is -3.18. The smallest absolute Gasteiger partial charge is 0.306 e. The summed E-state index contributed by atoms with van der Waals surface area (Å²) in [5, 5.41) is 0. The number of rotatable bonds is 8. The Morgan fingerprint density at radius 3 is 2.29 bits per heavy atom. The quantitative estimate of drug-likeness (QED) is 0.401. The summed E-state index contributed by atoms with van der Waals surface area (Å²) in [4.78, 5) is 0. The Morgan fingerprint density at radius 1 is 1.08 bits per heavy atom. The molecule has 0 aliphatic heterocycles. The highest BCUT2D eigenvalue weighted by Crippen LogP contribution is 2.52. The van der Waals surface area contributed by atoms with Crippen molar-refractivity contribution in [1.29, 1.82) is 0 Å². The van der Waals surface area contributed by atoms with Crippen LogP contribution in [0.4, 0.5) is 0 Å². The van der Waals surface area contributed by atoms with Crippen LogP contribution in [-0.4, -0.2) is 13.2 Å². The Morgan fingerprint density at radius 2 is 1.71 bits per heavy atom. The molecule has 0 N–H and O–H groups in total. The number of hydrogen-bond donors (Lipinski definition) is 0. The molecule has 1 fully saturated rings. The Bertz CT molecular complexity index is 576. The van der Waals surface area contributed by atoms with Crippen molar-refractivity contribution in [3.05, 3.63) is 53.4 Å². The molecule has 0 heterocycles. The predicted molar refractivity (Wildman–Crippen MR) is 101 cm³/mol. The highest BCUT2D eigenvalue weighted by Gasteiger charge is 2.24. The topological polar surface area (TPSA) is 35.5 Å². The Balaban J connectivity index is 2.28. The molecule has 1 saturated carbocycles. The first-order chi connectivity index (χ1) is 11.7. The van der Waals surface area contributed by atoms with Gasteiger partial charge in [0.1, 0.15) is 0 Å². The van der Waals surface area contributed by atoms with Crippen LogP contribution in [0.15, 0.2) is 47.8 Å². The fraction of sp³-hybridized carbons (Fsp3) is 0.500.